The van der Waals surface area contributed by atoms with Gasteiger partial charge in [0.2, 0.25) is 0 Å². The summed E-state index contributed by atoms with van der Waals surface area (Å²) in [5.74, 6) is -0.125. The third kappa shape index (κ3) is 2.95. The highest BCUT2D eigenvalue weighted by atomic mass is 32.1. The number of rotatable bonds is 4. The highest BCUT2D eigenvalue weighted by Crippen LogP contribution is 2.24. The average Bonchev–Trinajstić information content (AvgIpc) is 3.16. The van der Waals surface area contributed by atoms with E-state index in [9.17, 15) is 9.59 Å². The molecule has 3 amide bonds. The number of carbonyl (C=O) groups is 2. The van der Waals surface area contributed by atoms with Crippen LogP contribution in [-0.4, -0.2) is 41.0 Å². The second-order valence-corrected chi connectivity index (χ2v) is 7.27. The second-order valence-electron chi connectivity index (χ2n) is 6.27. The Kier molecular flexibility index (Phi) is 4.08. The molecule has 1 aromatic heterocycles. The first-order valence-corrected chi connectivity index (χ1v) is 9.02. The van der Waals surface area contributed by atoms with Crippen molar-refractivity contribution in [3.8, 4) is 0 Å². The molecule has 6 heteroatoms. The summed E-state index contributed by atoms with van der Waals surface area (Å²) >= 11 is 1.79. The van der Waals surface area contributed by atoms with Gasteiger partial charge in [-0.05, 0) is 29.0 Å². The third-order valence-corrected chi connectivity index (χ3v) is 5.64. The number of nitrogens with zero attached hydrogens (tertiary/aromatic N) is 2. The Morgan fingerprint density at radius 1 is 1.17 bits per heavy atom. The zero-order valence-corrected chi connectivity index (χ0v) is 14.1. The second kappa shape index (κ2) is 6.37. The van der Waals surface area contributed by atoms with E-state index in [1.165, 1.54) is 15.3 Å². The summed E-state index contributed by atoms with van der Waals surface area (Å²) in [6, 6.07) is 11.2. The lowest BCUT2D eigenvalue weighted by Crippen LogP contribution is -2.43. The largest absolute Gasteiger partial charge is 0.325 e. The van der Waals surface area contributed by atoms with Crippen molar-refractivity contribution in [2.24, 2.45) is 0 Å². The topological polar surface area (TPSA) is 52.7 Å². The molecule has 2 aliphatic rings. The van der Waals surface area contributed by atoms with Gasteiger partial charge in [-0.15, -0.1) is 11.3 Å². The lowest BCUT2D eigenvalue weighted by molar-refractivity contribution is -0.129. The highest BCUT2D eigenvalue weighted by molar-refractivity contribution is 7.10. The normalized spacial score (nSPS) is 21.0. The predicted molar refractivity (Wildman–Crippen MR) is 92.6 cm³/mol. The van der Waals surface area contributed by atoms with Gasteiger partial charge in [0.05, 0.1) is 6.67 Å². The molecule has 0 aliphatic carbocycles. The van der Waals surface area contributed by atoms with Gasteiger partial charge in [0, 0.05) is 24.4 Å². The lowest BCUT2D eigenvalue weighted by atomic mass is 10.1. The van der Waals surface area contributed by atoms with Crippen LogP contribution in [0, 0.1) is 0 Å². The van der Waals surface area contributed by atoms with E-state index in [0.29, 0.717) is 13.1 Å². The van der Waals surface area contributed by atoms with Gasteiger partial charge in [-0.2, -0.15) is 0 Å². The van der Waals surface area contributed by atoms with Crippen molar-refractivity contribution in [1.82, 2.24) is 15.1 Å². The Labute approximate surface area is 144 Å². The summed E-state index contributed by atoms with van der Waals surface area (Å²) in [6.07, 6.45) is 1.53. The highest BCUT2D eigenvalue weighted by Gasteiger charge is 2.38. The summed E-state index contributed by atoms with van der Waals surface area (Å²) < 4.78 is 0. The van der Waals surface area contributed by atoms with Crippen molar-refractivity contribution >= 4 is 23.3 Å². The molecular weight excluding hydrogens is 322 g/mol. The van der Waals surface area contributed by atoms with Crippen LogP contribution in [0.4, 0.5) is 4.79 Å². The van der Waals surface area contributed by atoms with Crippen LogP contribution >= 0.6 is 11.3 Å². The number of hydrogen-bond donors (Lipinski definition) is 1. The Morgan fingerprint density at radius 2 is 2.00 bits per heavy atom. The molecule has 4 rings (SSSR count). The van der Waals surface area contributed by atoms with Gasteiger partial charge < -0.3 is 5.32 Å². The molecule has 1 saturated heterocycles. The van der Waals surface area contributed by atoms with Gasteiger partial charge in [-0.1, -0.05) is 30.3 Å². The molecular formula is C18H19N3O2S. The maximum absolute atomic E-state index is 12.6. The zero-order valence-electron chi connectivity index (χ0n) is 13.3. The van der Waals surface area contributed by atoms with E-state index in [1.54, 1.807) is 11.3 Å². The standard InChI is InChI=1S/C18H19N3O2S/c22-17-15(10-13-4-2-1-3-5-13)19-18(23)21(17)12-20-8-6-16-14(11-20)7-9-24-16/h1-5,7,9,15H,6,8,10-12H2,(H,19,23). The van der Waals surface area contributed by atoms with E-state index in [1.807, 2.05) is 30.3 Å². The summed E-state index contributed by atoms with van der Waals surface area (Å²) in [4.78, 5) is 29.8. The molecule has 2 aliphatic heterocycles. The minimum Gasteiger partial charge on any atom is -0.325 e. The van der Waals surface area contributed by atoms with Gasteiger partial charge >= 0.3 is 6.03 Å². The van der Waals surface area contributed by atoms with Crippen molar-refractivity contribution in [3.05, 3.63) is 57.8 Å². The summed E-state index contributed by atoms with van der Waals surface area (Å²) in [7, 11) is 0. The predicted octanol–water partition coefficient (Wildman–Crippen LogP) is 2.23. The average molecular weight is 341 g/mol. The van der Waals surface area contributed by atoms with Crippen molar-refractivity contribution in [2.75, 3.05) is 13.2 Å². The fourth-order valence-electron chi connectivity index (χ4n) is 3.33. The van der Waals surface area contributed by atoms with Crippen molar-refractivity contribution in [3.63, 3.8) is 0 Å². The molecule has 1 fully saturated rings. The SMILES string of the molecule is O=C1NC(Cc2ccccc2)C(=O)N1CN1CCc2sccc2C1. The fourth-order valence-corrected chi connectivity index (χ4v) is 4.22. The molecule has 0 radical (unpaired) electrons. The number of fused-ring (bicyclic) bond motifs is 1. The first-order chi connectivity index (χ1) is 11.7. The van der Waals surface area contributed by atoms with Gasteiger partial charge in [-0.25, -0.2) is 9.69 Å². The van der Waals surface area contributed by atoms with Crippen LogP contribution in [0.2, 0.25) is 0 Å². The van der Waals surface area contributed by atoms with Crippen molar-refractivity contribution in [2.45, 2.75) is 25.4 Å². The van der Waals surface area contributed by atoms with Crippen LogP contribution in [0.3, 0.4) is 0 Å². The minimum atomic E-state index is -0.457. The van der Waals surface area contributed by atoms with E-state index in [0.717, 1.165) is 25.1 Å². The number of imide groups is 1. The van der Waals surface area contributed by atoms with E-state index in [4.69, 9.17) is 0 Å². The number of carbonyl (C=O) groups excluding carboxylic acids is 2. The molecule has 2 aromatic rings. The lowest BCUT2D eigenvalue weighted by Gasteiger charge is -2.29. The van der Waals surface area contributed by atoms with Crippen LogP contribution in [0.1, 0.15) is 16.0 Å². The monoisotopic (exact) mass is 341 g/mol. The zero-order chi connectivity index (χ0) is 16.5. The smallest absolute Gasteiger partial charge is 0.325 e. The quantitative estimate of drug-likeness (QED) is 0.868. The molecule has 5 nitrogen and oxygen atoms in total. The van der Waals surface area contributed by atoms with Gasteiger partial charge in [0.1, 0.15) is 6.04 Å². The first-order valence-electron chi connectivity index (χ1n) is 8.14. The Balaban J connectivity index is 1.41. The Morgan fingerprint density at radius 3 is 2.83 bits per heavy atom. The summed E-state index contributed by atoms with van der Waals surface area (Å²) in [5, 5.41) is 4.93. The van der Waals surface area contributed by atoms with Crippen molar-refractivity contribution in [1.29, 1.82) is 0 Å². The molecule has 124 valence electrons. The van der Waals surface area contributed by atoms with Gasteiger partial charge in [0.15, 0.2) is 0 Å². The minimum absolute atomic E-state index is 0.125. The number of thiophene rings is 1. The number of amides is 3. The first kappa shape index (κ1) is 15.4. The number of nitrogens with one attached hydrogen (secondary N) is 1. The molecule has 1 unspecified atom stereocenters. The van der Waals surface area contributed by atoms with Crippen LogP contribution in [0.25, 0.3) is 0 Å². The molecule has 1 N–H and O–H groups in total. The fraction of sp³-hybridized carbons (Fsp3) is 0.333. The number of benzene rings is 1. The maximum atomic E-state index is 12.6. The molecule has 24 heavy (non-hydrogen) atoms. The van der Waals surface area contributed by atoms with Gasteiger partial charge in [0.25, 0.3) is 5.91 Å². The summed E-state index contributed by atoms with van der Waals surface area (Å²) in [6.45, 7) is 2.05. The van der Waals surface area contributed by atoms with Crippen LogP contribution in [-0.2, 0) is 24.2 Å². The Bertz CT molecular complexity index is 759. The third-order valence-electron chi connectivity index (χ3n) is 4.62. The van der Waals surface area contributed by atoms with Crippen molar-refractivity contribution < 1.29 is 9.59 Å². The molecule has 0 spiro atoms. The van der Waals surface area contributed by atoms with Crippen LogP contribution in [0.5, 0.6) is 0 Å². The van der Waals surface area contributed by atoms with Crippen LogP contribution in [0.15, 0.2) is 41.8 Å². The van der Waals surface area contributed by atoms with E-state index in [2.05, 4.69) is 21.7 Å². The molecule has 0 saturated carbocycles. The van der Waals surface area contributed by atoms with E-state index in [-0.39, 0.29) is 11.9 Å². The maximum Gasteiger partial charge on any atom is 0.325 e. The van der Waals surface area contributed by atoms with Gasteiger partial charge in [-0.3, -0.25) is 9.69 Å². The molecule has 3 heterocycles. The van der Waals surface area contributed by atoms with E-state index < -0.39 is 6.04 Å². The summed E-state index contributed by atoms with van der Waals surface area (Å²) in [5.41, 5.74) is 2.37. The Hall–Kier alpha value is -2.18. The molecule has 0 bridgehead atoms. The number of hydrogen-bond acceptors (Lipinski definition) is 4. The van der Waals surface area contributed by atoms with E-state index >= 15 is 0 Å². The van der Waals surface area contributed by atoms with Crippen LogP contribution < -0.4 is 5.32 Å². The molecule has 1 aromatic carbocycles. The molecule has 1 atom stereocenters. The number of urea groups is 1.